The highest BCUT2D eigenvalue weighted by atomic mass is 16.6. The van der Waals surface area contributed by atoms with Crippen LogP contribution in [-0.2, 0) is 23.8 Å². The highest BCUT2D eigenvalue weighted by Gasteiger charge is 2.56. The van der Waals surface area contributed by atoms with Crippen molar-refractivity contribution in [2.24, 2.45) is 11.3 Å². The number of hydrogen-bond donors (Lipinski definition) is 7. The Balaban J connectivity index is 2.99. The van der Waals surface area contributed by atoms with Gasteiger partial charge in [0.2, 0.25) is 5.91 Å². The number of aliphatic hydroxyl groups is 4. The van der Waals surface area contributed by atoms with Crippen LogP contribution in [0.4, 0.5) is 4.79 Å². The number of rotatable bonds is 15. The lowest BCUT2D eigenvalue weighted by molar-refractivity contribution is -0.237. The van der Waals surface area contributed by atoms with Crippen LogP contribution in [0.2, 0.25) is 0 Å². The summed E-state index contributed by atoms with van der Waals surface area (Å²) in [5.74, 6) is -2.11. The summed E-state index contributed by atoms with van der Waals surface area (Å²) >= 11 is 0. The van der Waals surface area contributed by atoms with Gasteiger partial charge in [-0.2, -0.15) is 0 Å². The number of carboxylic acid groups (broad SMARTS) is 1. The predicted molar refractivity (Wildman–Crippen MR) is 131 cm³/mol. The van der Waals surface area contributed by atoms with E-state index in [1.807, 2.05) is 34.6 Å². The zero-order chi connectivity index (χ0) is 28.4. The maximum Gasteiger partial charge on any atom is 0.407 e. The van der Waals surface area contributed by atoms with Crippen LogP contribution < -0.4 is 10.6 Å². The highest BCUT2D eigenvalue weighted by molar-refractivity contribution is 5.82. The summed E-state index contributed by atoms with van der Waals surface area (Å²) in [5.41, 5.74) is -2.48. The molecular weight excluding hydrogens is 492 g/mol. The van der Waals surface area contributed by atoms with Gasteiger partial charge >= 0.3 is 12.1 Å². The van der Waals surface area contributed by atoms with Crippen molar-refractivity contribution < 1.29 is 54.1 Å². The lowest BCUT2D eigenvalue weighted by Gasteiger charge is -2.49. The predicted octanol–water partition coefficient (Wildman–Crippen LogP) is -0.616. The van der Waals surface area contributed by atoms with Gasteiger partial charge in [0, 0.05) is 13.0 Å². The average Bonchev–Trinajstić information content (AvgIpc) is 2.82. The van der Waals surface area contributed by atoms with Gasteiger partial charge in [-0.15, -0.1) is 0 Å². The fourth-order valence-electron chi connectivity index (χ4n) is 4.00. The third-order valence-electron chi connectivity index (χ3n) is 6.81. The Bertz CT molecular complexity index is 748. The molecule has 216 valence electrons. The minimum atomic E-state index is -1.93. The maximum absolute atomic E-state index is 12.5. The number of ether oxygens (including phenoxy) is 3. The zero-order valence-corrected chi connectivity index (χ0v) is 22.3. The second-order valence-electron chi connectivity index (χ2n) is 10.4. The van der Waals surface area contributed by atoms with E-state index in [9.17, 15) is 39.9 Å². The Morgan fingerprint density at radius 3 is 2.35 bits per heavy atom. The fourth-order valence-corrected chi connectivity index (χ4v) is 4.00. The van der Waals surface area contributed by atoms with Gasteiger partial charge in [-0.3, -0.25) is 4.79 Å². The number of nitrogens with one attached hydrogen (secondary N) is 2. The Morgan fingerprint density at radius 2 is 1.81 bits per heavy atom. The summed E-state index contributed by atoms with van der Waals surface area (Å²) in [4.78, 5) is 36.7. The summed E-state index contributed by atoms with van der Waals surface area (Å²) in [5, 5.41) is 55.7. The van der Waals surface area contributed by atoms with Gasteiger partial charge in [0.1, 0.15) is 31.5 Å². The summed E-state index contributed by atoms with van der Waals surface area (Å²) in [6, 6.07) is -1.35. The number of aliphatic hydroxyl groups excluding tert-OH is 4. The normalized spacial score (nSPS) is 25.8. The summed E-state index contributed by atoms with van der Waals surface area (Å²) < 4.78 is 15.9. The first kappa shape index (κ1) is 33.0. The maximum atomic E-state index is 12.5. The van der Waals surface area contributed by atoms with Crippen LogP contribution >= 0.6 is 0 Å². The lowest BCUT2D eigenvalue weighted by Crippen LogP contribution is -2.68. The molecule has 1 rings (SSSR count). The van der Waals surface area contributed by atoms with Gasteiger partial charge in [-0.1, -0.05) is 34.6 Å². The largest absolute Gasteiger partial charge is 0.479 e. The van der Waals surface area contributed by atoms with Crippen LogP contribution in [0.5, 0.6) is 0 Å². The van der Waals surface area contributed by atoms with Crippen molar-refractivity contribution in [3.8, 4) is 0 Å². The smallest absolute Gasteiger partial charge is 0.407 e. The molecule has 1 fully saturated rings. The number of carbonyl (C=O) groups is 3. The van der Waals surface area contributed by atoms with Crippen LogP contribution in [0.25, 0.3) is 0 Å². The number of hydrogen-bond acceptors (Lipinski definition) is 10. The van der Waals surface area contributed by atoms with Crippen molar-refractivity contribution in [1.29, 1.82) is 0 Å². The van der Waals surface area contributed by atoms with Crippen molar-refractivity contribution in [3.63, 3.8) is 0 Å². The van der Waals surface area contributed by atoms with Crippen LogP contribution in [0, 0.1) is 11.3 Å². The number of carboxylic acids is 1. The zero-order valence-electron chi connectivity index (χ0n) is 22.3. The standard InChI is InChI=1S/C24H44N2O11/c1-6-7-35-8-9-36-22(34)25-11-17(30)26-18-15(28)10-24(21(32)33,13-23(4,5)14(2)3)37-20(18)19(31)16(29)12-27/h14-16,18-20,27-29,31H,6-13H2,1-5H3,(H,25,34)(H,26,30)(H,32,33). The first-order chi connectivity index (χ1) is 17.2. The van der Waals surface area contributed by atoms with E-state index in [-0.39, 0.29) is 25.6 Å². The minimum Gasteiger partial charge on any atom is -0.479 e. The molecule has 1 saturated heterocycles. The summed E-state index contributed by atoms with van der Waals surface area (Å²) in [6.07, 6.45) is -7.15. The van der Waals surface area contributed by atoms with Gasteiger partial charge in [0.15, 0.2) is 5.60 Å². The number of carbonyl (C=O) groups excluding carboxylic acids is 2. The van der Waals surface area contributed by atoms with E-state index in [1.54, 1.807) is 0 Å². The van der Waals surface area contributed by atoms with Gasteiger partial charge in [-0.05, 0) is 24.2 Å². The molecule has 0 aromatic carbocycles. The van der Waals surface area contributed by atoms with E-state index in [1.165, 1.54) is 0 Å². The third kappa shape index (κ3) is 9.65. The Hall–Kier alpha value is -2.03. The molecular formula is C24H44N2O11. The van der Waals surface area contributed by atoms with Gasteiger partial charge in [-0.25, -0.2) is 9.59 Å². The Kier molecular flexibility index (Phi) is 13.2. The number of aliphatic carboxylic acids is 1. The average molecular weight is 537 g/mol. The van der Waals surface area contributed by atoms with Crippen molar-refractivity contribution in [2.75, 3.05) is 33.0 Å². The molecule has 1 aliphatic heterocycles. The van der Waals surface area contributed by atoms with Crippen molar-refractivity contribution in [1.82, 2.24) is 10.6 Å². The van der Waals surface area contributed by atoms with E-state index < -0.39 is 79.0 Å². The van der Waals surface area contributed by atoms with Crippen LogP contribution in [0.15, 0.2) is 0 Å². The van der Waals surface area contributed by atoms with Crippen molar-refractivity contribution in [3.05, 3.63) is 0 Å². The van der Waals surface area contributed by atoms with Gasteiger partial charge in [0.05, 0.1) is 25.4 Å². The molecule has 0 saturated carbocycles. The molecule has 13 heteroatoms. The Morgan fingerprint density at radius 1 is 1.16 bits per heavy atom. The number of amides is 2. The third-order valence-corrected chi connectivity index (χ3v) is 6.81. The fraction of sp³-hybridized carbons (Fsp3) is 0.875. The lowest BCUT2D eigenvalue weighted by atomic mass is 9.69. The van der Waals surface area contributed by atoms with E-state index in [2.05, 4.69) is 10.6 Å². The molecule has 0 bridgehead atoms. The molecule has 0 aliphatic carbocycles. The van der Waals surface area contributed by atoms with E-state index in [0.717, 1.165) is 6.42 Å². The molecule has 0 spiro atoms. The summed E-state index contributed by atoms with van der Waals surface area (Å²) in [6.45, 7) is 8.74. The molecule has 37 heavy (non-hydrogen) atoms. The molecule has 6 atom stereocenters. The SMILES string of the molecule is CCCOCCOC(=O)NCC(=O)NC1C(O)CC(CC(C)(C)C(C)C)(C(=O)O)OC1C(O)C(O)CO. The number of alkyl carbamates (subject to hydrolysis) is 1. The molecule has 0 radical (unpaired) electrons. The van der Waals surface area contributed by atoms with Crippen molar-refractivity contribution >= 4 is 18.0 Å². The molecule has 2 amide bonds. The van der Waals surface area contributed by atoms with E-state index >= 15 is 0 Å². The second kappa shape index (κ2) is 14.8. The first-order valence-electron chi connectivity index (χ1n) is 12.5. The van der Waals surface area contributed by atoms with E-state index in [0.29, 0.717) is 6.61 Å². The first-order valence-corrected chi connectivity index (χ1v) is 12.5. The molecule has 7 N–H and O–H groups in total. The molecule has 1 heterocycles. The quantitative estimate of drug-likeness (QED) is 0.131. The summed E-state index contributed by atoms with van der Waals surface area (Å²) in [7, 11) is 0. The molecule has 6 unspecified atom stereocenters. The molecule has 0 aromatic heterocycles. The van der Waals surface area contributed by atoms with Gasteiger partial charge in [0.25, 0.3) is 0 Å². The molecule has 0 aromatic rings. The van der Waals surface area contributed by atoms with Crippen LogP contribution in [0.1, 0.15) is 53.9 Å². The second-order valence-corrected chi connectivity index (χ2v) is 10.4. The van der Waals surface area contributed by atoms with Crippen LogP contribution in [-0.4, -0.2) is 113 Å². The minimum absolute atomic E-state index is 0.0139. The van der Waals surface area contributed by atoms with E-state index in [4.69, 9.17) is 14.2 Å². The monoisotopic (exact) mass is 536 g/mol. The molecule has 1 aliphatic rings. The van der Waals surface area contributed by atoms with Gasteiger partial charge < -0.3 is 50.4 Å². The topological polar surface area (TPSA) is 204 Å². The van der Waals surface area contributed by atoms with Crippen molar-refractivity contribution in [2.45, 2.75) is 89.9 Å². The van der Waals surface area contributed by atoms with Crippen LogP contribution in [0.3, 0.4) is 0 Å². The highest BCUT2D eigenvalue weighted by Crippen LogP contribution is 2.43. The molecule has 13 nitrogen and oxygen atoms in total. The Labute approximate surface area is 217 Å².